The van der Waals surface area contributed by atoms with E-state index in [-0.39, 0.29) is 16.8 Å². The second-order valence-electron chi connectivity index (χ2n) is 7.66. The summed E-state index contributed by atoms with van der Waals surface area (Å²) in [6, 6.07) is 18.5. The highest BCUT2D eigenvalue weighted by Gasteiger charge is 2.47. The van der Waals surface area contributed by atoms with E-state index >= 15 is 0 Å². The van der Waals surface area contributed by atoms with Gasteiger partial charge in [0.1, 0.15) is 5.57 Å². The van der Waals surface area contributed by atoms with E-state index in [0.717, 1.165) is 4.90 Å². The zero-order valence-electron chi connectivity index (χ0n) is 17.8. The Kier molecular flexibility index (Phi) is 5.43. The smallest absolute Gasteiger partial charge is 0.295 e. The van der Waals surface area contributed by atoms with Crippen LogP contribution >= 0.6 is 23.2 Å². The highest BCUT2D eigenvalue weighted by Crippen LogP contribution is 2.34. The van der Waals surface area contributed by atoms with Gasteiger partial charge in [-0.1, -0.05) is 41.4 Å². The van der Waals surface area contributed by atoms with Crippen LogP contribution in [0.1, 0.15) is 11.3 Å². The summed E-state index contributed by atoms with van der Waals surface area (Å²) in [6.45, 7) is 1.68. The molecule has 2 aromatic heterocycles. The van der Waals surface area contributed by atoms with Crippen molar-refractivity contribution in [3.63, 3.8) is 0 Å². The molecule has 1 aliphatic heterocycles. The highest BCUT2D eigenvalue weighted by atomic mass is 35.5. The summed E-state index contributed by atoms with van der Waals surface area (Å²) < 4.78 is 2.84. The zero-order chi connectivity index (χ0) is 24.0. The fraction of sp³-hybridized carbons (Fsp3) is 0.0400. The minimum absolute atomic E-state index is 0.000651. The maximum Gasteiger partial charge on any atom is 0.331 e. The third-order valence-electron chi connectivity index (χ3n) is 5.49. The zero-order valence-corrected chi connectivity index (χ0v) is 19.3. The van der Waals surface area contributed by atoms with Crippen LogP contribution in [-0.4, -0.2) is 21.6 Å². The summed E-state index contributed by atoms with van der Waals surface area (Å²) in [6.07, 6.45) is 3.30. The first-order chi connectivity index (χ1) is 16.4. The van der Waals surface area contributed by atoms with Crippen molar-refractivity contribution in [3.8, 4) is 5.69 Å². The summed E-state index contributed by atoms with van der Waals surface area (Å²) in [5.41, 5.74) is 0.957. The summed E-state index contributed by atoms with van der Waals surface area (Å²) >= 11 is 12.2. The molecular weight excluding hydrogens is 475 g/mol. The molecule has 9 heteroatoms. The molecule has 0 bridgehead atoms. The van der Waals surface area contributed by atoms with Gasteiger partial charge in [-0.25, -0.2) is 9.58 Å². The molecule has 0 fully saturated rings. The number of hydrogen-bond donors (Lipinski definition) is 1. The van der Waals surface area contributed by atoms with E-state index in [4.69, 9.17) is 23.2 Å². The molecule has 7 nitrogen and oxygen atoms in total. The number of H-pyrrole nitrogens is 1. The Morgan fingerprint density at radius 2 is 1.41 bits per heavy atom. The molecule has 5 rings (SSSR count). The van der Waals surface area contributed by atoms with E-state index in [2.05, 4.69) is 5.10 Å². The van der Waals surface area contributed by atoms with E-state index in [1.165, 1.54) is 15.3 Å². The molecule has 3 heterocycles. The molecule has 34 heavy (non-hydrogen) atoms. The van der Waals surface area contributed by atoms with Crippen molar-refractivity contribution in [2.45, 2.75) is 6.92 Å². The molecule has 4 aromatic rings. The Morgan fingerprint density at radius 3 is 2.06 bits per heavy atom. The van der Waals surface area contributed by atoms with Crippen LogP contribution in [0.25, 0.3) is 17.0 Å². The van der Waals surface area contributed by atoms with Crippen LogP contribution in [0.5, 0.6) is 0 Å². The SMILES string of the molecule is Cc1[nH]n(-c2cccc(Cl)c2)c(=O)c1C1=C([n+]2ccccc2)C(=O)N(c2cccc(Cl)c2)C1=O. The van der Waals surface area contributed by atoms with E-state index < -0.39 is 17.4 Å². The minimum atomic E-state index is -0.615. The average Bonchev–Trinajstić information content (AvgIpc) is 3.25. The molecule has 0 atom stereocenters. The number of pyridine rings is 1. The normalized spacial score (nSPS) is 13.8. The van der Waals surface area contributed by atoms with Crippen LogP contribution in [0.2, 0.25) is 10.0 Å². The van der Waals surface area contributed by atoms with E-state index in [1.54, 1.807) is 80.0 Å². The fourth-order valence-electron chi connectivity index (χ4n) is 4.02. The summed E-state index contributed by atoms with van der Waals surface area (Å²) in [5.74, 6) is -1.18. The standard InChI is InChI=1S/C25H16Cl2N4O3/c1-15-20(24(33)31(28-15)19-10-6-8-17(27)14-19)21-22(29-11-3-2-4-12-29)25(34)30(23(21)32)18-9-5-7-16(26)13-18/h2-14H,1H3/p+1. The lowest BCUT2D eigenvalue weighted by molar-refractivity contribution is -0.576. The molecule has 0 aliphatic carbocycles. The molecule has 0 unspecified atom stereocenters. The lowest BCUT2D eigenvalue weighted by atomic mass is 10.1. The molecule has 168 valence electrons. The Morgan fingerprint density at radius 1 is 0.794 bits per heavy atom. The number of carbonyl (C=O) groups is 2. The lowest BCUT2D eigenvalue weighted by Crippen LogP contribution is -2.39. The van der Waals surface area contributed by atoms with Gasteiger partial charge in [-0.05, 0) is 43.3 Å². The molecule has 0 radical (unpaired) electrons. The number of hydrogen-bond acceptors (Lipinski definition) is 3. The van der Waals surface area contributed by atoms with Crippen molar-refractivity contribution in [3.05, 3.63) is 111 Å². The fourth-order valence-corrected chi connectivity index (χ4v) is 4.39. The van der Waals surface area contributed by atoms with Crippen LogP contribution in [0.3, 0.4) is 0 Å². The second-order valence-corrected chi connectivity index (χ2v) is 8.54. The lowest BCUT2D eigenvalue weighted by Gasteiger charge is -2.14. The van der Waals surface area contributed by atoms with Gasteiger partial charge in [0.2, 0.25) is 0 Å². The molecule has 0 saturated heterocycles. The van der Waals surface area contributed by atoms with Gasteiger partial charge in [0.15, 0.2) is 12.4 Å². The van der Waals surface area contributed by atoms with Crippen LogP contribution < -0.4 is 15.0 Å². The number of amides is 2. The molecule has 0 saturated carbocycles. The molecule has 1 N–H and O–H groups in total. The van der Waals surface area contributed by atoms with Gasteiger partial charge in [0, 0.05) is 27.9 Å². The van der Waals surface area contributed by atoms with Crippen molar-refractivity contribution in [1.82, 2.24) is 9.78 Å². The summed E-state index contributed by atoms with van der Waals surface area (Å²) in [7, 11) is 0. The number of aromatic amines is 1. The Bertz CT molecular complexity index is 1550. The van der Waals surface area contributed by atoms with Crippen molar-refractivity contribution in [2.75, 3.05) is 4.90 Å². The van der Waals surface area contributed by atoms with Crippen molar-refractivity contribution >= 4 is 52.0 Å². The third-order valence-corrected chi connectivity index (χ3v) is 5.96. The second kappa shape index (κ2) is 8.44. The van der Waals surface area contributed by atoms with E-state index in [9.17, 15) is 14.4 Å². The maximum atomic E-state index is 13.7. The number of halogens is 2. The van der Waals surface area contributed by atoms with Gasteiger partial charge in [-0.15, -0.1) is 0 Å². The summed E-state index contributed by atoms with van der Waals surface area (Å²) in [5, 5.41) is 3.84. The number of aryl methyl sites for hydroxylation is 1. The van der Waals surface area contributed by atoms with Crippen LogP contribution in [0.4, 0.5) is 5.69 Å². The largest absolute Gasteiger partial charge is 0.331 e. The number of nitrogens with zero attached hydrogens (tertiary/aromatic N) is 3. The third kappa shape index (κ3) is 3.55. The predicted molar refractivity (Wildman–Crippen MR) is 130 cm³/mol. The Balaban J connectivity index is 1.75. The number of rotatable bonds is 4. The van der Waals surface area contributed by atoms with Crippen molar-refractivity contribution in [1.29, 1.82) is 0 Å². The van der Waals surface area contributed by atoms with Crippen LogP contribution in [-0.2, 0) is 9.59 Å². The number of carbonyl (C=O) groups excluding carboxylic acids is 2. The monoisotopic (exact) mass is 491 g/mol. The number of nitrogens with one attached hydrogen (secondary N) is 1. The quantitative estimate of drug-likeness (QED) is 0.346. The minimum Gasteiger partial charge on any atom is -0.295 e. The molecule has 2 amide bonds. The van der Waals surface area contributed by atoms with Crippen LogP contribution in [0.15, 0.2) is 83.9 Å². The number of aromatic nitrogens is 3. The van der Waals surface area contributed by atoms with E-state index in [0.29, 0.717) is 27.1 Å². The molecular formula is C25H17Cl2N4O3+. The topological polar surface area (TPSA) is 79.1 Å². The first-order valence-electron chi connectivity index (χ1n) is 10.3. The predicted octanol–water partition coefficient (Wildman–Crippen LogP) is 4.01. The number of anilines is 1. The van der Waals surface area contributed by atoms with Crippen molar-refractivity contribution in [2.24, 2.45) is 0 Å². The molecule has 2 aromatic carbocycles. The van der Waals surface area contributed by atoms with Gasteiger partial charge in [-0.3, -0.25) is 19.5 Å². The number of imide groups is 1. The van der Waals surface area contributed by atoms with Crippen LogP contribution in [0, 0.1) is 6.92 Å². The van der Waals surface area contributed by atoms with Gasteiger partial charge >= 0.3 is 5.91 Å². The van der Waals surface area contributed by atoms with Gasteiger partial charge < -0.3 is 0 Å². The number of benzene rings is 2. The van der Waals surface area contributed by atoms with Gasteiger partial charge in [-0.2, -0.15) is 4.57 Å². The molecule has 1 aliphatic rings. The van der Waals surface area contributed by atoms with E-state index in [1.807, 2.05) is 0 Å². The maximum absolute atomic E-state index is 13.7. The summed E-state index contributed by atoms with van der Waals surface area (Å²) in [4.78, 5) is 41.9. The van der Waals surface area contributed by atoms with Gasteiger partial charge in [0.25, 0.3) is 17.2 Å². The highest BCUT2D eigenvalue weighted by molar-refractivity contribution is 6.53. The van der Waals surface area contributed by atoms with Gasteiger partial charge in [0.05, 0.1) is 16.9 Å². The first kappa shape index (κ1) is 21.9. The van der Waals surface area contributed by atoms with Crippen molar-refractivity contribution < 1.29 is 14.2 Å². The molecule has 0 spiro atoms. The Hall–Kier alpha value is -3.94. The Labute approximate surface area is 204 Å². The first-order valence-corrected chi connectivity index (χ1v) is 11.1. The average molecular weight is 492 g/mol.